The van der Waals surface area contributed by atoms with Gasteiger partial charge in [0, 0.05) is 99.1 Å². The number of β-amino-alcohol motifs (C(OH)–C–C–N with tert-alkyl or cyclic N) is 1. The summed E-state index contributed by atoms with van der Waals surface area (Å²) in [7, 11) is -3.57. The molecule has 0 amide bonds. The third-order valence-electron chi connectivity index (χ3n) is 8.75. The van der Waals surface area contributed by atoms with E-state index < -0.39 is 40.0 Å². The number of aromatic nitrogens is 2. The number of hydrogen-bond donors (Lipinski definition) is 1. The van der Waals surface area contributed by atoms with Crippen molar-refractivity contribution in [2.45, 2.75) is 74.5 Å². The largest absolute Gasteiger partial charge is 0.417 e. The predicted molar refractivity (Wildman–Crippen MR) is 160 cm³/mol. The minimum absolute atomic E-state index is 0.0152. The van der Waals surface area contributed by atoms with E-state index in [1.54, 1.807) is 9.58 Å². The molecule has 1 N–H and O–H groups in total. The quantitative estimate of drug-likeness (QED) is 0.292. The monoisotopic (exact) mass is 683 g/mol. The van der Waals surface area contributed by atoms with E-state index >= 15 is 0 Å². The second-order valence-corrected chi connectivity index (χ2v) is 15.3. The highest BCUT2D eigenvalue weighted by atomic mass is 32.2. The predicted octanol–water partition coefficient (Wildman–Crippen LogP) is 4.50. The van der Waals surface area contributed by atoms with E-state index in [0.29, 0.717) is 60.7 Å². The van der Waals surface area contributed by atoms with Gasteiger partial charge in [-0.1, -0.05) is 6.07 Å². The maximum absolute atomic E-state index is 14.0. The van der Waals surface area contributed by atoms with Crippen molar-refractivity contribution in [2.75, 3.05) is 57.8 Å². The fourth-order valence-electron chi connectivity index (χ4n) is 6.18. The SMILES string of the molecule is CS(=O)(=O)N1CCc2c(c(-c3ccc(C(F)(F)F)c(SCCN4CCC(F)CC4)c3)nn2C[C@@H](O)CN2CCC(F)(F)CC2)C1. The van der Waals surface area contributed by atoms with Gasteiger partial charge < -0.3 is 14.9 Å². The Morgan fingerprint density at radius 3 is 2.40 bits per heavy atom. The van der Waals surface area contributed by atoms with E-state index in [4.69, 9.17) is 5.10 Å². The molecule has 16 heteroatoms. The van der Waals surface area contributed by atoms with Gasteiger partial charge in [-0.3, -0.25) is 4.68 Å². The van der Waals surface area contributed by atoms with Crippen LogP contribution in [0.25, 0.3) is 11.3 Å². The summed E-state index contributed by atoms with van der Waals surface area (Å²) in [5, 5.41) is 15.6. The van der Waals surface area contributed by atoms with Crippen molar-refractivity contribution in [3.05, 3.63) is 35.0 Å². The number of sulfonamides is 1. The van der Waals surface area contributed by atoms with Gasteiger partial charge in [-0.2, -0.15) is 22.6 Å². The second kappa shape index (κ2) is 13.7. The number of thioether (sulfide) groups is 1. The Morgan fingerprint density at radius 2 is 1.76 bits per heavy atom. The van der Waals surface area contributed by atoms with Crippen LogP contribution < -0.4 is 0 Å². The van der Waals surface area contributed by atoms with Gasteiger partial charge in [0.05, 0.1) is 30.2 Å². The van der Waals surface area contributed by atoms with Crippen molar-refractivity contribution >= 4 is 21.8 Å². The van der Waals surface area contributed by atoms with Crippen molar-refractivity contribution in [3.63, 3.8) is 0 Å². The van der Waals surface area contributed by atoms with Gasteiger partial charge in [-0.05, 0) is 25.0 Å². The first-order valence-corrected chi connectivity index (χ1v) is 18.0. The first-order chi connectivity index (χ1) is 21.1. The van der Waals surface area contributed by atoms with Gasteiger partial charge in [-0.15, -0.1) is 11.8 Å². The van der Waals surface area contributed by atoms with Crippen LogP contribution in [0.15, 0.2) is 23.1 Å². The third-order valence-corrected chi connectivity index (χ3v) is 11.0. The normalized spacial score (nSPS) is 21.6. The summed E-state index contributed by atoms with van der Waals surface area (Å²) in [4.78, 5) is 3.82. The number of aliphatic hydroxyl groups excluding tert-OH is 1. The first kappa shape index (κ1) is 34.5. The van der Waals surface area contributed by atoms with E-state index in [9.17, 15) is 39.9 Å². The maximum atomic E-state index is 14.0. The van der Waals surface area contributed by atoms with Crippen LogP contribution in [0.5, 0.6) is 0 Å². The van der Waals surface area contributed by atoms with Gasteiger partial charge in [-0.25, -0.2) is 21.6 Å². The van der Waals surface area contributed by atoms with E-state index in [1.165, 1.54) is 16.4 Å². The summed E-state index contributed by atoms with van der Waals surface area (Å²) in [6, 6.07) is 3.77. The third kappa shape index (κ3) is 8.74. The number of aliphatic hydroxyl groups is 1. The molecule has 4 heterocycles. The average molecular weight is 684 g/mol. The summed E-state index contributed by atoms with van der Waals surface area (Å²) < 4.78 is 110. The van der Waals surface area contributed by atoms with Gasteiger partial charge in [0.25, 0.3) is 5.92 Å². The van der Waals surface area contributed by atoms with Crippen LogP contribution in [0.1, 0.15) is 42.5 Å². The van der Waals surface area contributed by atoms with Crippen LogP contribution in [-0.2, 0) is 35.7 Å². The van der Waals surface area contributed by atoms with E-state index in [2.05, 4.69) is 0 Å². The van der Waals surface area contributed by atoms with E-state index in [1.807, 2.05) is 4.90 Å². The van der Waals surface area contributed by atoms with Gasteiger partial charge in [0.1, 0.15) is 6.17 Å². The first-order valence-electron chi connectivity index (χ1n) is 15.1. The standard InChI is InChI=1S/C29H39F6N5O3S2/c1-45(42,43)39-11-6-25-23(19-39)27(36-40(25)18-22(41)17-38-12-7-28(31,32)8-13-38)20-2-3-24(29(33,34)35)26(16-20)44-15-14-37-9-4-21(30)5-10-37/h2-3,16,21-22,41H,4-15,17-19H2,1H3/t22-/m0/s1. The Hall–Kier alpha value is -1.85. The molecule has 3 aliphatic heterocycles. The number of alkyl halides is 6. The maximum Gasteiger partial charge on any atom is 0.417 e. The fraction of sp³-hybridized carbons (Fsp3) is 0.690. The second-order valence-electron chi connectivity index (χ2n) is 12.2. The molecule has 2 saturated heterocycles. The number of halogens is 6. The molecule has 1 aromatic carbocycles. The van der Waals surface area contributed by atoms with Crippen LogP contribution in [-0.4, -0.2) is 113 Å². The van der Waals surface area contributed by atoms with Crippen LogP contribution in [0.3, 0.4) is 0 Å². The molecular weight excluding hydrogens is 644 g/mol. The molecule has 0 bridgehead atoms. The number of piperidine rings is 2. The van der Waals surface area contributed by atoms with Crippen molar-refractivity contribution in [3.8, 4) is 11.3 Å². The molecule has 45 heavy (non-hydrogen) atoms. The molecule has 0 unspecified atom stereocenters. The topological polar surface area (TPSA) is 81.9 Å². The van der Waals surface area contributed by atoms with Crippen LogP contribution in [0, 0.1) is 0 Å². The summed E-state index contributed by atoms with van der Waals surface area (Å²) in [6.07, 6.45) is -4.76. The molecule has 0 saturated carbocycles. The van der Waals surface area contributed by atoms with Crippen molar-refractivity contribution in [1.29, 1.82) is 0 Å². The smallest absolute Gasteiger partial charge is 0.390 e. The lowest BCUT2D eigenvalue weighted by atomic mass is 10.0. The summed E-state index contributed by atoms with van der Waals surface area (Å²) in [6.45, 7) is 2.27. The highest BCUT2D eigenvalue weighted by molar-refractivity contribution is 7.99. The summed E-state index contributed by atoms with van der Waals surface area (Å²) in [5.41, 5.74) is 1.18. The molecule has 1 aromatic heterocycles. The molecule has 0 spiro atoms. The number of likely N-dealkylation sites (tertiary alicyclic amines) is 2. The van der Waals surface area contributed by atoms with Crippen molar-refractivity contribution in [2.24, 2.45) is 0 Å². The molecule has 0 aliphatic carbocycles. The highest BCUT2D eigenvalue weighted by Gasteiger charge is 2.36. The summed E-state index contributed by atoms with van der Waals surface area (Å²) in [5.74, 6) is -2.35. The van der Waals surface area contributed by atoms with Crippen molar-refractivity contribution in [1.82, 2.24) is 23.9 Å². The number of rotatable bonds is 10. The Labute approximate surface area is 263 Å². The van der Waals surface area contributed by atoms with Gasteiger partial charge >= 0.3 is 6.18 Å². The number of fused-ring (bicyclic) bond motifs is 1. The number of benzene rings is 1. The molecule has 3 aliphatic rings. The minimum Gasteiger partial charge on any atom is -0.390 e. The molecule has 2 fully saturated rings. The number of hydrogen-bond acceptors (Lipinski definition) is 7. The van der Waals surface area contributed by atoms with Crippen LogP contribution in [0.4, 0.5) is 26.3 Å². The molecular formula is C29H39F6N5O3S2. The lowest BCUT2D eigenvalue weighted by Gasteiger charge is -2.33. The molecule has 5 rings (SSSR count). The summed E-state index contributed by atoms with van der Waals surface area (Å²) >= 11 is 1.06. The zero-order chi connectivity index (χ0) is 32.6. The molecule has 8 nitrogen and oxygen atoms in total. The molecule has 1 atom stereocenters. The number of nitrogens with zero attached hydrogens (tertiary/aromatic N) is 5. The fourth-order valence-corrected chi connectivity index (χ4v) is 8.09. The average Bonchev–Trinajstić information content (AvgIpc) is 3.31. The van der Waals surface area contributed by atoms with Crippen LogP contribution >= 0.6 is 11.8 Å². The Kier molecular flexibility index (Phi) is 10.5. The molecule has 252 valence electrons. The Morgan fingerprint density at radius 1 is 1.07 bits per heavy atom. The van der Waals surface area contributed by atoms with E-state index in [0.717, 1.165) is 24.1 Å². The van der Waals surface area contributed by atoms with Crippen molar-refractivity contribution < 1.29 is 39.9 Å². The minimum atomic E-state index is -4.60. The molecule has 2 aromatic rings. The Bertz CT molecular complexity index is 1440. The van der Waals surface area contributed by atoms with E-state index in [-0.39, 0.29) is 63.4 Å². The lowest BCUT2D eigenvalue weighted by Crippen LogP contribution is -2.43. The van der Waals surface area contributed by atoms with Crippen LogP contribution in [0.2, 0.25) is 0 Å². The zero-order valence-corrected chi connectivity index (χ0v) is 26.7. The Balaban J connectivity index is 1.40. The zero-order valence-electron chi connectivity index (χ0n) is 25.1. The van der Waals surface area contributed by atoms with Gasteiger partial charge in [0.15, 0.2) is 0 Å². The lowest BCUT2D eigenvalue weighted by molar-refractivity contribution is -0.139. The highest BCUT2D eigenvalue weighted by Crippen LogP contribution is 2.40. The van der Waals surface area contributed by atoms with Gasteiger partial charge in [0.2, 0.25) is 10.0 Å². The molecule has 0 radical (unpaired) electrons.